The maximum absolute atomic E-state index is 12.6. The minimum atomic E-state index is -0.262. The average Bonchev–Trinajstić information content (AvgIpc) is 3.23. The smallest absolute Gasteiger partial charge is 0.275 e. The Bertz CT molecular complexity index is 1240. The van der Waals surface area contributed by atoms with Gasteiger partial charge in [0, 0.05) is 39.4 Å². The molecule has 0 aliphatic carbocycles. The number of aromatic nitrogens is 5. The fraction of sp³-hybridized carbons (Fsp3) is 0.478. The Hall–Kier alpha value is -3.80. The van der Waals surface area contributed by atoms with E-state index in [1.54, 1.807) is 37.1 Å². The van der Waals surface area contributed by atoms with Crippen molar-refractivity contribution in [1.29, 1.82) is 0 Å². The largest absolute Gasteiger partial charge is 0.379 e. The van der Waals surface area contributed by atoms with Crippen molar-refractivity contribution in [2.24, 2.45) is 0 Å². The Labute approximate surface area is 202 Å². The standard InChI is InChI=1S/C23H30N8O4/c1-15(31-18-13-26-27-23(34)21(18)16(2)28-31)14-35-11-6-20(32)30-9-7-29(8-10-30)19-5-4-17(12-25-19)22(33)24-3/h4-5,12-13,15H,6-11,14H2,1-3H3,(H,24,33)(H,27,34). The first-order chi connectivity index (χ1) is 16.9. The van der Waals surface area contributed by atoms with E-state index in [-0.39, 0.29) is 23.4 Å². The predicted octanol–water partition coefficient (Wildman–Crippen LogP) is 0.499. The number of piperazine rings is 1. The summed E-state index contributed by atoms with van der Waals surface area (Å²) in [5, 5.41) is 13.9. The third kappa shape index (κ3) is 5.32. The van der Waals surface area contributed by atoms with E-state index in [0.29, 0.717) is 68.0 Å². The lowest BCUT2D eigenvalue weighted by Gasteiger charge is -2.35. The van der Waals surface area contributed by atoms with Gasteiger partial charge in [0.1, 0.15) is 5.82 Å². The Balaban J connectivity index is 1.21. The molecular weight excluding hydrogens is 452 g/mol. The second-order valence-electron chi connectivity index (χ2n) is 8.52. The summed E-state index contributed by atoms with van der Waals surface area (Å²) >= 11 is 0. The van der Waals surface area contributed by atoms with Crippen LogP contribution in [0.3, 0.4) is 0 Å². The number of aryl methyl sites for hydroxylation is 1. The number of fused-ring (bicyclic) bond motifs is 1. The number of anilines is 1. The Kier molecular flexibility index (Phi) is 7.39. The summed E-state index contributed by atoms with van der Waals surface area (Å²) in [5.74, 6) is 0.674. The normalized spacial score (nSPS) is 14.8. The van der Waals surface area contributed by atoms with Crippen LogP contribution in [-0.2, 0) is 9.53 Å². The van der Waals surface area contributed by atoms with Gasteiger partial charge in [0.05, 0.1) is 54.0 Å². The Morgan fingerprint density at radius 2 is 1.97 bits per heavy atom. The highest BCUT2D eigenvalue weighted by Gasteiger charge is 2.22. The molecule has 1 atom stereocenters. The molecule has 3 aromatic rings. The minimum Gasteiger partial charge on any atom is -0.379 e. The van der Waals surface area contributed by atoms with Gasteiger partial charge in [-0.05, 0) is 26.0 Å². The Morgan fingerprint density at radius 3 is 2.66 bits per heavy atom. The molecule has 0 saturated carbocycles. The highest BCUT2D eigenvalue weighted by Crippen LogP contribution is 2.18. The lowest BCUT2D eigenvalue weighted by molar-refractivity contribution is -0.132. The number of hydrogen-bond acceptors (Lipinski definition) is 8. The first-order valence-electron chi connectivity index (χ1n) is 11.6. The molecular formula is C23H30N8O4. The predicted molar refractivity (Wildman–Crippen MR) is 129 cm³/mol. The number of nitrogens with zero attached hydrogens (tertiary/aromatic N) is 6. The fourth-order valence-electron chi connectivity index (χ4n) is 4.19. The Morgan fingerprint density at radius 1 is 1.20 bits per heavy atom. The topological polar surface area (TPSA) is 138 Å². The molecule has 1 saturated heterocycles. The van der Waals surface area contributed by atoms with Crippen LogP contribution in [0.1, 0.15) is 35.4 Å². The van der Waals surface area contributed by atoms with E-state index >= 15 is 0 Å². The van der Waals surface area contributed by atoms with Crippen LogP contribution in [0.2, 0.25) is 0 Å². The quantitative estimate of drug-likeness (QED) is 0.443. The highest BCUT2D eigenvalue weighted by atomic mass is 16.5. The molecule has 1 unspecified atom stereocenters. The third-order valence-corrected chi connectivity index (χ3v) is 6.13. The second kappa shape index (κ2) is 10.6. The molecule has 3 aromatic heterocycles. The number of carbonyl (C=O) groups is 2. The number of carbonyl (C=O) groups excluding carboxylic acids is 2. The van der Waals surface area contributed by atoms with Gasteiger partial charge in [0.15, 0.2) is 0 Å². The van der Waals surface area contributed by atoms with E-state index in [4.69, 9.17) is 4.74 Å². The van der Waals surface area contributed by atoms with E-state index in [1.165, 1.54) is 0 Å². The van der Waals surface area contributed by atoms with E-state index in [9.17, 15) is 14.4 Å². The van der Waals surface area contributed by atoms with E-state index in [1.807, 2.05) is 17.9 Å². The van der Waals surface area contributed by atoms with E-state index < -0.39 is 0 Å². The van der Waals surface area contributed by atoms with Crippen LogP contribution in [0.4, 0.5) is 5.82 Å². The maximum atomic E-state index is 12.6. The number of aromatic amines is 1. The molecule has 1 fully saturated rings. The summed E-state index contributed by atoms with van der Waals surface area (Å²) in [7, 11) is 1.58. The SMILES string of the molecule is CNC(=O)c1ccc(N2CCN(C(=O)CCOCC(C)n3nc(C)c4c(=O)[nH]ncc43)CC2)nc1. The van der Waals surface area contributed by atoms with Crippen molar-refractivity contribution >= 4 is 28.5 Å². The number of amides is 2. The van der Waals surface area contributed by atoms with Crippen molar-refractivity contribution in [2.45, 2.75) is 26.3 Å². The molecule has 2 N–H and O–H groups in total. The first-order valence-corrected chi connectivity index (χ1v) is 11.6. The third-order valence-electron chi connectivity index (χ3n) is 6.13. The molecule has 1 aliphatic rings. The summed E-state index contributed by atoms with van der Waals surface area (Å²) < 4.78 is 7.50. The molecule has 0 radical (unpaired) electrons. The summed E-state index contributed by atoms with van der Waals surface area (Å²) in [5.41, 5.74) is 1.55. The molecule has 1 aliphatic heterocycles. The number of rotatable bonds is 8. The van der Waals surface area contributed by atoms with Crippen molar-refractivity contribution < 1.29 is 14.3 Å². The van der Waals surface area contributed by atoms with E-state index in [0.717, 1.165) is 5.82 Å². The number of nitrogens with one attached hydrogen (secondary N) is 2. The summed E-state index contributed by atoms with van der Waals surface area (Å²) in [6, 6.07) is 3.46. The first kappa shape index (κ1) is 24.3. The van der Waals surface area contributed by atoms with E-state index in [2.05, 4.69) is 30.5 Å². The van der Waals surface area contributed by atoms with Crippen molar-refractivity contribution in [3.8, 4) is 0 Å². The zero-order valence-corrected chi connectivity index (χ0v) is 20.2. The monoisotopic (exact) mass is 482 g/mol. The molecule has 35 heavy (non-hydrogen) atoms. The molecule has 0 spiro atoms. The molecule has 0 bridgehead atoms. The number of ether oxygens (including phenoxy) is 1. The van der Waals surface area contributed by atoms with Gasteiger partial charge in [0.25, 0.3) is 11.5 Å². The van der Waals surface area contributed by atoms with Gasteiger partial charge < -0.3 is 19.9 Å². The van der Waals surface area contributed by atoms with Gasteiger partial charge in [-0.1, -0.05) is 0 Å². The maximum Gasteiger partial charge on any atom is 0.275 e. The number of H-pyrrole nitrogens is 1. The lowest BCUT2D eigenvalue weighted by atomic mass is 10.2. The molecule has 4 heterocycles. The zero-order valence-electron chi connectivity index (χ0n) is 20.2. The van der Waals surface area contributed by atoms with Gasteiger partial charge >= 0.3 is 0 Å². The van der Waals surface area contributed by atoms with Crippen LogP contribution < -0.4 is 15.8 Å². The van der Waals surface area contributed by atoms with Crippen LogP contribution in [0.25, 0.3) is 10.9 Å². The summed E-state index contributed by atoms with van der Waals surface area (Å²) in [6.45, 7) is 6.97. The van der Waals surface area contributed by atoms with Gasteiger partial charge in [0.2, 0.25) is 5.91 Å². The number of pyridine rings is 1. The molecule has 12 heteroatoms. The molecule has 4 rings (SSSR count). The van der Waals surface area contributed by atoms with Crippen LogP contribution >= 0.6 is 0 Å². The van der Waals surface area contributed by atoms with Gasteiger partial charge in [-0.15, -0.1) is 0 Å². The summed E-state index contributed by atoms with van der Waals surface area (Å²) in [6.07, 6.45) is 3.44. The number of hydrogen-bond donors (Lipinski definition) is 2. The fourth-order valence-corrected chi connectivity index (χ4v) is 4.19. The van der Waals surface area contributed by atoms with Gasteiger partial charge in [-0.25, -0.2) is 10.1 Å². The van der Waals surface area contributed by atoms with Crippen molar-refractivity contribution in [1.82, 2.24) is 35.2 Å². The minimum absolute atomic E-state index is 0.0522. The van der Waals surface area contributed by atoms with Crippen LogP contribution in [-0.4, -0.2) is 88.1 Å². The van der Waals surface area contributed by atoms with Gasteiger partial charge in [-0.3, -0.25) is 19.1 Å². The van der Waals surface area contributed by atoms with Crippen LogP contribution in [0.5, 0.6) is 0 Å². The molecule has 2 amide bonds. The van der Waals surface area contributed by atoms with Crippen molar-refractivity contribution in [3.63, 3.8) is 0 Å². The highest BCUT2D eigenvalue weighted by molar-refractivity contribution is 5.93. The van der Waals surface area contributed by atoms with Crippen molar-refractivity contribution in [2.75, 3.05) is 51.3 Å². The second-order valence-corrected chi connectivity index (χ2v) is 8.52. The zero-order chi connectivity index (χ0) is 24.9. The lowest BCUT2D eigenvalue weighted by Crippen LogP contribution is -2.49. The van der Waals surface area contributed by atoms with Crippen molar-refractivity contribution in [3.05, 3.63) is 46.1 Å². The van der Waals surface area contributed by atoms with Crippen LogP contribution in [0, 0.1) is 6.92 Å². The summed E-state index contributed by atoms with van der Waals surface area (Å²) in [4.78, 5) is 44.6. The molecule has 0 aromatic carbocycles. The molecule has 12 nitrogen and oxygen atoms in total. The van der Waals surface area contributed by atoms with Gasteiger partial charge in [-0.2, -0.15) is 10.2 Å². The molecule has 186 valence electrons. The average molecular weight is 483 g/mol. The van der Waals surface area contributed by atoms with Crippen LogP contribution in [0.15, 0.2) is 29.3 Å².